The van der Waals surface area contributed by atoms with Gasteiger partial charge < -0.3 is 15.8 Å². The van der Waals surface area contributed by atoms with E-state index in [-0.39, 0.29) is 30.0 Å². The molecule has 2 aromatic rings. The van der Waals surface area contributed by atoms with Gasteiger partial charge in [-0.25, -0.2) is 0 Å². The summed E-state index contributed by atoms with van der Waals surface area (Å²) in [5.41, 5.74) is 10.3. The molecule has 2 aromatic carbocycles. The number of fused-ring (bicyclic) bond motifs is 2. The van der Waals surface area contributed by atoms with E-state index in [1.54, 1.807) is 0 Å². The average Bonchev–Trinajstić information content (AvgIpc) is 2.72. The van der Waals surface area contributed by atoms with Crippen molar-refractivity contribution in [3.63, 3.8) is 0 Å². The predicted octanol–water partition coefficient (Wildman–Crippen LogP) is 3.48. The summed E-state index contributed by atoms with van der Waals surface area (Å²) in [7, 11) is 0. The second kappa shape index (κ2) is 9.60. The fourth-order valence-electron chi connectivity index (χ4n) is 3.96. The van der Waals surface area contributed by atoms with Gasteiger partial charge in [-0.1, -0.05) is 42.5 Å². The number of nitrogens with two attached hydrogens (primary N) is 1. The summed E-state index contributed by atoms with van der Waals surface area (Å²) >= 11 is 0. The summed E-state index contributed by atoms with van der Waals surface area (Å²) < 4.78 is 5.71. The Labute approximate surface area is 184 Å². The zero-order valence-electron chi connectivity index (χ0n) is 16.3. The van der Waals surface area contributed by atoms with Gasteiger partial charge in [0.05, 0.1) is 19.2 Å². The molecule has 2 aliphatic heterocycles. The highest BCUT2D eigenvalue weighted by Crippen LogP contribution is 2.31. The van der Waals surface area contributed by atoms with E-state index < -0.39 is 0 Å². The molecule has 2 atom stereocenters. The largest absolute Gasteiger partial charge is 0.493 e. The lowest BCUT2D eigenvalue weighted by molar-refractivity contribution is 0.195. The summed E-state index contributed by atoms with van der Waals surface area (Å²) in [4.78, 5) is 7.11. The van der Waals surface area contributed by atoms with Crippen molar-refractivity contribution in [3.8, 4) is 5.75 Å². The number of hydrogen-bond donors (Lipinski definition) is 2. The number of guanidine groups is 1. The maximum absolute atomic E-state index is 6.20. The van der Waals surface area contributed by atoms with Crippen molar-refractivity contribution in [2.45, 2.75) is 38.4 Å². The number of benzene rings is 2. The smallest absolute Gasteiger partial charge is 0.189 e. The van der Waals surface area contributed by atoms with Crippen LogP contribution in [0.5, 0.6) is 5.75 Å². The van der Waals surface area contributed by atoms with Gasteiger partial charge in [0.1, 0.15) is 5.75 Å². The Hall–Kier alpha value is -1.80. The molecule has 0 saturated carbocycles. The van der Waals surface area contributed by atoms with Crippen LogP contribution in [-0.2, 0) is 13.0 Å². The van der Waals surface area contributed by atoms with Crippen LogP contribution in [0, 0.1) is 0 Å². The maximum atomic E-state index is 6.20. The molecule has 2 heterocycles. The Morgan fingerprint density at radius 1 is 1.21 bits per heavy atom. The summed E-state index contributed by atoms with van der Waals surface area (Å²) in [6.07, 6.45) is 2.00. The SMILES string of the molecule is CC(CN=C(N)NC1CCOc2ccccc21)N1CCc2ccccc2C1.I. The van der Waals surface area contributed by atoms with Crippen molar-refractivity contribution in [1.29, 1.82) is 0 Å². The lowest BCUT2D eigenvalue weighted by atomic mass is 9.99. The first-order chi connectivity index (χ1) is 13.2. The molecule has 28 heavy (non-hydrogen) atoms. The van der Waals surface area contributed by atoms with Crippen LogP contribution in [0.25, 0.3) is 0 Å². The summed E-state index contributed by atoms with van der Waals surface area (Å²) in [6.45, 7) is 5.70. The van der Waals surface area contributed by atoms with Crippen LogP contribution >= 0.6 is 24.0 Å². The zero-order chi connectivity index (χ0) is 18.6. The number of para-hydroxylation sites is 1. The molecular weight excluding hydrogens is 463 g/mol. The van der Waals surface area contributed by atoms with Gasteiger partial charge in [-0.05, 0) is 30.5 Å². The van der Waals surface area contributed by atoms with Gasteiger partial charge in [-0.3, -0.25) is 9.89 Å². The van der Waals surface area contributed by atoms with Gasteiger partial charge in [0.15, 0.2) is 5.96 Å². The average molecular weight is 492 g/mol. The van der Waals surface area contributed by atoms with Crippen molar-refractivity contribution < 1.29 is 4.74 Å². The first kappa shape index (κ1) is 20.9. The van der Waals surface area contributed by atoms with Crippen molar-refractivity contribution in [2.24, 2.45) is 10.7 Å². The molecule has 6 heteroatoms. The first-order valence-electron chi connectivity index (χ1n) is 9.79. The Balaban J connectivity index is 0.00000225. The molecule has 2 aliphatic rings. The lowest BCUT2D eigenvalue weighted by Crippen LogP contribution is -2.41. The molecular formula is C22H29IN4O. The van der Waals surface area contributed by atoms with E-state index in [4.69, 9.17) is 10.5 Å². The third-order valence-electron chi connectivity index (χ3n) is 5.59. The molecule has 5 nitrogen and oxygen atoms in total. The molecule has 0 aromatic heterocycles. The molecule has 4 rings (SSSR count). The monoisotopic (exact) mass is 492 g/mol. The van der Waals surface area contributed by atoms with Gasteiger partial charge in [0, 0.05) is 31.1 Å². The highest BCUT2D eigenvalue weighted by atomic mass is 127. The minimum atomic E-state index is 0. The van der Waals surface area contributed by atoms with Crippen LogP contribution in [-0.4, -0.2) is 36.6 Å². The highest BCUT2D eigenvalue weighted by Gasteiger charge is 2.22. The van der Waals surface area contributed by atoms with Gasteiger partial charge in [0.2, 0.25) is 0 Å². The van der Waals surface area contributed by atoms with Crippen LogP contribution in [0.1, 0.15) is 36.1 Å². The first-order valence-corrected chi connectivity index (χ1v) is 9.79. The van der Waals surface area contributed by atoms with Gasteiger partial charge in [-0.15, -0.1) is 24.0 Å². The molecule has 0 bridgehead atoms. The minimum absolute atomic E-state index is 0. The van der Waals surface area contributed by atoms with Gasteiger partial charge in [-0.2, -0.15) is 0 Å². The second-order valence-electron chi connectivity index (χ2n) is 7.44. The topological polar surface area (TPSA) is 62.9 Å². The van der Waals surface area contributed by atoms with E-state index in [0.717, 1.165) is 37.2 Å². The fraction of sp³-hybridized carbons (Fsp3) is 0.409. The van der Waals surface area contributed by atoms with Crippen molar-refractivity contribution in [2.75, 3.05) is 19.7 Å². The molecule has 0 fully saturated rings. The fourth-order valence-corrected chi connectivity index (χ4v) is 3.96. The number of aliphatic imine (C=N–C) groups is 1. The molecule has 0 radical (unpaired) electrons. The van der Waals surface area contributed by atoms with Crippen LogP contribution in [0.2, 0.25) is 0 Å². The number of nitrogens with zero attached hydrogens (tertiary/aromatic N) is 2. The zero-order valence-corrected chi connectivity index (χ0v) is 18.6. The molecule has 150 valence electrons. The quantitative estimate of drug-likeness (QED) is 0.390. The summed E-state index contributed by atoms with van der Waals surface area (Å²) in [5, 5.41) is 3.38. The summed E-state index contributed by atoms with van der Waals surface area (Å²) in [5.74, 6) is 1.45. The van der Waals surface area contributed by atoms with Crippen molar-refractivity contribution >= 4 is 29.9 Å². The molecule has 0 spiro atoms. The Morgan fingerprint density at radius 2 is 1.96 bits per heavy atom. The Kier molecular flexibility index (Phi) is 7.18. The third kappa shape index (κ3) is 4.78. The van der Waals surface area contributed by atoms with Gasteiger partial charge >= 0.3 is 0 Å². The lowest BCUT2D eigenvalue weighted by Gasteiger charge is -2.33. The second-order valence-corrected chi connectivity index (χ2v) is 7.44. The number of halogens is 1. The van der Waals surface area contributed by atoms with Crippen molar-refractivity contribution in [3.05, 3.63) is 65.2 Å². The van der Waals surface area contributed by atoms with Crippen LogP contribution in [0.15, 0.2) is 53.5 Å². The number of nitrogens with one attached hydrogen (secondary N) is 1. The molecule has 0 aliphatic carbocycles. The van der Waals surface area contributed by atoms with E-state index >= 15 is 0 Å². The Bertz CT molecular complexity index is 826. The normalized spacial score (nSPS) is 20.2. The van der Waals surface area contributed by atoms with E-state index in [2.05, 4.69) is 52.5 Å². The summed E-state index contributed by atoms with van der Waals surface area (Å²) in [6, 6.07) is 17.4. The third-order valence-corrected chi connectivity index (χ3v) is 5.59. The Morgan fingerprint density at radius 3 is 2.82 bits per heavy atom. The molecule has 3 N–H and O–H groups in total. The van der Waals surface area contributed by atoms with Crippen LogP contribution < -0.4 is 15.8 Å². The minimum Gasteiger partial charge on any atom is -0.493 e. The standard InChI is InChI=1S/C22H28N4O.HI/c1-16(26-12-10-17-6-2-3-7-18(17)15-26)14-24-22(23)25-20-11-13-27-21-9-5-4-8-19(20)21;/h2-9,16,20H,10-15H2,1H3,(H3,23,24,25);1H. The van der Waals surface area contributed by atoms with E-state index in [9.17, 15) is 0 Å². The van der Waals surface area contributed by atoms with E-state index in [1.807, 2.05) is 18.2 Å². The van der Waals surface area contributed by atoms with Crippen molar-refractivity contribution in [1.82, 2.24) is 10.2 Å². The van der Waals surface area contributed by atoms with E-state index in [0.29, 0.717) is 25.2 Å². The predicted molar refractivity (Wildman–Crippen MR) is 124 cm³/mol. The number of ether oxygens (including phenoxy) is 1. The number of rotatable bonds is 4. The van der Waals surface area contributed by atoms with Crippen LogP contribution in [0.3, 0.4) is 0 Å². The molecule has 0 saturated heterocycles. The maximum Gasteiger partial charge on any atom is 0.189 e. The number of hydrogen-bond acceptors (Lipinski definition) is 3. The molecule has 0 amide bonds. The molecule has 2 unspecified atom stereocenters. The highest BCUT2D eigenvalue weighted by molar-refractivity contribution is 14.0. The van der Waals surface area contributed by atoms with E-state index in [1.165, 1.54) is 11.1 Å². The van der Waals surface area contributed by atoms with Crippen LogP contribution in [0.4, 0.5) is 0 Å². The van der Waals surface area contributed by atoms with Gasteiger partial charge in [0.25, 0.3) is 0 Å².